The number of nitrogens with zero attached hydrogens (tertiary/aromatic N) is 1. The van der Waals surface area contributed by atoms with E-state index < -0.39 is 25.7 Å². The van der Waals surface area contributed by atoms with Crippen molar-refractivity contribution in [2.24, 2.45) is 23.7 Å². The van der Waals surface area contributed by atoms with Gasteiger partial charge < -0.3 is 15.9 Å². The molecule has 1 unspecified atom stereocenters. The van der Waals surface area contributed by atoms with E-state index in [4.69, 9.17) is 5.11 Å². The van der Waals surface area contributed by atoms with Crippen LogP contribution in [0.4, 0.5) is 0 Å². The molecule has 0 bridgehead atoms. The normalized spacial score (nSPS) is 24.5. The summed E-state index contributed by atoms with van der Waals surface area (Å²) >= 11 is -1.10. The van der Waals surface area contributed by atoms with E-state index in [2.05, 4.69) is 5.32 Å². The molecule has 0 amide bonds. The topological polar surface area (TPSA) is 82.9 Å². The van der Waals surface area contributed by atoms with Crippen molar-refractivity contribution >= 4 is 49.6 Å². The molecule has 0 spiro atoms. The fourth-order valence-corrected chi connectivity index (χ4v) is 18.3. The Bertz CT molecular complexity index is 480. The zero-order valence-electron chi connectivity index (χ0n) is 21.0. The van der Waals surface area contributed by atoms with E-state index in [-0.39, 0.29) is 35.3 Å². The van der Waals surface area contributed by atoms with Crippen LogP contribution >= 0.6 is 0 Å². The Morgan fingerprint density at radius 1 is 0.758 bits per heavy atom. The van der Waals surface area contributed by atoms with Gasteiger partial charge in [0, 0.05) is 0 Å². The van der Waals surface area contributed by atoms with Crippen LogP contribution in [0.25, 0.3) is 5.32 Å². The molecule has 4 aliphatic rings. The molecular formula is C27H50NO3Sn2. The second-order valence-corrected chi connectivity index (χ2v) is 18.6. The summed E-state index contributed by atoms with van der Waals surface area (Å²) < 4.78 is 5.40. The van der Waals surface area contributed by atoms with Crippen LogP contribution in [0.1, 0.15) is 96.3 Å². The summed E-state index contributed by atoms with van der Waals surface area (Å²) in [5.74, 6) is 2.41. The molecule has 3 N–H and O–H groups in total. The molecule has 3 radical (unpaired) electrons. The maximum atomic E-state index is 10.2. The third-order valence-corrected chi connectivity index (χ3v) is 18.0. The average Bonchev–Trinajstić information content (AvgIpc) is 2.82. The van der Waals surface area contributed by atoms with Crippen molar-refractivity contribution in [1.29, 1.82) is 0 Å². The molecular weight excluding hydrogens is 624 g/mol. The van der Waals surface area contributed by atoms with Crippen LogP contribution in [0, 0.1) is 23.7 Å². The first-order valence-corrected chi connectivity index (χ1v) is 19.6. The van der Waals surface area contributed by atoms with Gasteiger partial charge in [-0.2, -0.15) is 0 Å². The quantitative estimate of drug-likeness (QED) is 0.251. The van der Waals surface area contributed by atoms with Gasteiger partial charge in [0.15, 0.2) is 0 Å². The summed E-state index contributed by atoms with van der Waals surface area (Å²) in [7, 11) is 0. The Morgan fingerprint density at radius 3 is 1.42 bits per heavy atom. The van der Waals surface area contributed by atoms with Gasteiger partial charge in [0.1, 0.15) is 0 Å². The molecule has 6 heteroatoms. The van der Waals surface area contributed by atoms with Gasteiger partial charge in [-0.05, 0) is 0 Å². The standard InChI is InChI=1S/3C7H13.C6H8NO2.H2O.2Sn.H/c3*1-7-5-3-2-4-6-7;8-6(9)5-2-1-3-7-4-5;;;;/h3*7H,1-6H2;1-2,5H,3-4H2,(H,8,9);1H2;;;/q;;;-1;;;+1;. The first-order valence-electron chi connectivity index (χ1n) is 13.6. The van der Waals surface area contributed by atoms with Crippen molar-refractivity contribution in [2.45, 2.75) is 110 Å². The Morgan fingerprint density at radius 2 is 1.15 bits per heavy atom. The van der Waals surface area contributed by atoms with Crippen molar-refractivity contribution in [3.63, 3.8) is 0 Å². The molecule has 3 aliphatic carbocycles. The maximum absolute atomic E-state index is 10.2. The van der Waals surface area contributed by atoms with E-state index in [1.54, 1.807) is 122 Å². The molecule has 0 aromatic heterocycles. The van der Waals surface area contributed by atoms with Gasteiger partial charge in [-0.15, -0.1) is 19.2 Å². The van der Waals surface area contributed by atoms with E-state index in [0.717, 1.165) is 0 Å². The van der Waals surface area contributed by atoms with E-state index >= 15 is 0 Å². The van der Waals surface area contributed by atoms with Crippen molar-refractivity contribution in [3.05, 3.63) is 17.5 Å². The van der Waals surface area contributed by atoms with Crippen LogP contribution in [0.15, 0.2) is 12.2 Å². The molecule has 4 rings (SSSR count). The van der Waals surface area contributed by atoms with Crippen molar-refractivity contribution in [1.82, 2.24) is 0 Å². The number of rotatable bonds is 7. The van der Waals surface area contributed by atoms with E-state index in [0.29, 0.717) is 13.1 Å². The Labute approximate surface area is 227 Å². The second-order valence-electron chi connectivity index (χ2n) is 10.8. The first kappa shape index (κ1) is 31.8. The molecule has 0 saturated heterocycles. The molecule has 4 nitrogen and oxygen atoms in total. The van der Waals surface area contributed by atoms with Gasteiger partial charge in [0.05, 0.1) is 5.92 Å². The van der Waals surface area contributed by atoms with E-state index in [1.807, 2.05) is 0 Å². The molecule has 1 aliphatic heterocycles. The van der Waals surface area contributed by atoms with Gasteiger partial charge in [0.2, 0.25) is 0 Å². The fourth-order valence-electron chi connectivity index (χ4n) is 6.38. The molecule has 0 aromatic carbocycles. The predicted octanol–water partition coefficient (Wildman–Crippen LogP) is 6.38. The molecule has 3 fully saturated rings. The van der Waals surface area contributed by atoms with Crippen molar-refractivity contribution in [2.75, 3.05) is 13.1 Å². The van der Waals surface area contributed by atoms with Crippen molar-refractivity contribution in [3.8, 4) is 0 Å². The fraction of sp³-hybridized carbons (Fsp3) is 0.889. The summed E-state index contributed by atoms with van der Waals surface area (Å²) in [6.45, 7) is 1.11. The minimum atomic E-state index is -1.10. The van der Waals surface area contributed by atoms with Gasteiger partial charge in [-0.1, -0.05) is 6.08 Å². The van der Waals surface area contributed by atoms with Crippen molar-refractivity contribution < 1.29 is 15.4 Å². The van der Waals surface area contributed by atoms with Crippen LogP contribution in [-0.4, -0.2) is 73.3 Å². The molecule has 1 atom stereocenters. The van der Waals surface area contributed by atoms with Gasteiger partial charge in [0.25, 0.3) is 0 Å². The van der Waals surface area contributed by atoms with Crippen LogP contribution < -0.4 is 0 Å². The molecule has 189 valence electrons. The molecule has 0 aromatic rings. The number of hydrogen-bond acceptors (Lipinski definition) is 1. The summed E-state index contributed by atoms with van der Waals surface area (Å²) in [5.41, 5.74) is 0. The number of hydrogen-bond donors (Lipinski definition) is 1. The summed E-state index contributed by atoms with van der Waals surface area (Å²) in [6, 6.07) is 0. The summed E-state index contributed by atoms with van der Waals surface area (Å²) in [5, 5.41) is 12.3. The van der Waals surface area contributed by atoms with Gasteiger partial charge in [-0.25, -0.2) is 0 Å². The van der Waals surface area contributed by atoms with Gasteiger partial charge >= 0.3 is 177 Å². The first-order chi connectivity index (χ1) is 15.2. The third kappa shape index (κ3) is 13.0. The van der Waals surface area contributed by atoms with Crippen LogP contribution in [0.3, 0.4) is 0 Å². The second kappa shape index (κ2) is 18.9. The van der Waals surface area contributed by atoms with E-state index in [9.17, 15) is 4.79 Å². The van der Waals surface area contributed by atoms with E-state index in [1.165, 1.54) is 17.8 Å². The molecule has 33 heavy (non-hydrogen) atoms. The number of carboxylic acids is 1. The molecule has 3 saturated carbocycles. The number of aliphatic carboxylic acids is 1. The van der Waals surface area contributed by atoms with Gasteiger partial charge in [-0.3, -0.25) is 4.79 Å². The monoisotopic (exact) mass is 676 g/mol. The SMILES string of the molecule is C1CCC([CH2][Sn+]([CH2]C2CCCCC2)[CH2]C2CCCCC2)CC1.O.O=C(O)C1C=CC[N-]C1.[SnH]. The van der Waals surface area contributed by atoms with Crippen LogP contribution in [-0.2, 0) is 4.79 Å². The third-order valence-electron chi connectivity index (χ3n) is 8.15. The Hall–Kier alpha value is 0.727. The summed E-state index contributed by atoms with van der Waals surface area (Å²) in [4.78, 5) is 10.2. The zero-order chi connectivity index (χ0) is 21.7. The zero-order valence-corrected chi connectivity index (χ0v) is 27.1. The Kier molecular flexibility index (Phi) is 18.2. The summed E-state index contributed by atoms with van der Waals surface area (Å²) in [6.07, 6.45) is 27.1. The average molecular weight is 674 g/mol. The minimum absolute atomic E-state index is 0. The van der Waals surface area contributed by atoms with Crippen LogP contribution in [0.2, 0.25) is 13.3 Å². The number of carbonyl (C=O) groups is 1. The van der Waals surface area contributed by atoms with Crippen LogP contribution in [0.5, 0.6) is 0 Å². The molecule has 1 heterocycles. The Balaban J connectivity index is 0.000000422. The number of carboxylic acid groups (broad SMARTS) is 1. The predicted molar refractivity (Wildman–Crippen MR) is 144 cm³/mol.